The third-order valence-corrected chi connectivity index (χ3v) is 6.23. The molecule has 1 aliphatic heterocycles. The molecule has 0 radical (unpaired) electrons. The average molecular weight is 487 g/mol. The summed E-state index contributed by atoms with van der Waals surface area (Å²) in [6.45, 7) is 4.19. The van der Waals surface area contributed by atoms with Gasteiger partial charge >= 0.3 is 11.9 Å². The Morgan fingerprint density at radius 2 is 1.91 bits per heavy atom. The van der Waals surface area contributed by atoms with Gasteiger partial charge in [-0.25, -0.2) is 4.79 Å². The van der Waals surface area contributed by atoms with Crippen LogP contribution in [0, 0.1) is 13.8 Å². The van der Waals surface area contributed by atoms with E-state index >= 15 is 0 Å². The molecule has 34 heavy (non-hydrogen) atoms. The van der Waals surface area contributed by atoms with Crippen LogP contribution in [0.2, 0.25) is 5.02 Å². The fourth-order valence-electron chi connectivity index (χ4n) is 3.93. The standard InChI is InChI=1S/C26H31ClN2O5/c1-18-16-29(17-19(18)2)23-13-21(27)12-11-20(23)9-7-5-6-8-10-22-14-26(34-28-22,25(31)33-4)15-24(30)32-3/h7,9,11-13,16-17H,5-6,8,10,14-15H2,1-4H3/b9-7+. The molecule has 1 atom stereocenters. The van der Waals surface area contributed by atoms with Gasteiger partial charge in [0.05, 0.1) is 32.0 Å². The average Bonchev–Trinajstić information content (AvgIpc) is 3.39. The van der Waals surface area contributed by atoms with Crippen molar-refractivity contribution in [2.45, 2.75) is 58.0 Å². The van der Waals surface area contributed by atoms with Crippen molar-refractivity contribution in [2.75, 3.05) is 14.2 Å². The van der Waals surface area contributed by atoms with E-state index in [-0.39, 0.29) is 12.8 Å². The van der Waals surface area contributed by atoms with Crippen LogP contribution in [-0.2, 0) is 23.9 Å². The van der Waals surface area contributed by atoms with E-state index in [2.05, 4.69) is 52.9 Å². The van der Waals surface area contributed by atoms with E-state index in [9.17, 15) is 9.59 Å². The number of rotatable bonds is 10. The second kappa shape index (κ2) is 11.4. The second-order valence-corrected chi connectivity index (χ2v) is 8.98. The molecule has 0 N–H and O–H groups in total. The van der Waals surface area contributed by atoms with Crippen LogP contribution in [0.25, 0.3) is 11.8 Å². The second-order valence-electron chi connectivity index (χ2n) is 8.55. The van der Waals surface area contributed by atoms with Crippen molar-refractivity contribution in [3.05, 3.63) is 58.4 Å². The number of methoxy groups -OCH3 is 2. The first-order valence-electron chi connectivity index (χ1n) is 11.3. The lowest BCUT2D eigenvalue weighted by atomic mass is 9.92. The molecule has 0 saturated carbocycles. The van der Waals surface area contributed by atoms with Crippen molar-refractivity contribution < 1.29 is 23.9 Å². The summed E-state index contributed by atoms with van der Waals surface area (Å²) in [5, 5.41) is 4.75. The van der Waals surface area contributed by atoms with Crippen LogP contribution in [0.3, 0.4) is 0 Å². The Morgan fingerprint density at radius 3 is 2.59 bits per heavy atom. The molecule has 1 aromatic heterocycles. The maximum absolute atomic E-state index is 12.2. The summed E-state index contributed by atoms with van der Waals surface area (Å²) in [6, 6.07) is 5.89. The molecule has 1 aliphatic rings. The van der Waals surface area contributed by atoms with Gasteiger partial charge in [0.2, 0.25) is 5.60 Å². The highest BCUT2D eigenvalue weighted by atomic mass is 35.5. The zero-order chi connectivity index (χ0) is 24.7. The summed E-state index contributed by atoms with van der Waals surface area (Å²) in [7, 11) is 2.53. The van der Waals surface area contributed by atoms with Crippen LogP contribution < -0.4 is 0 Å². The van der Waals surface area contributed by atoms with Gasteiger partial charge in [0.15, 0.2) is 0 Å². The summed E-state index contributed by atoms with van der Waals surface area (Å²) in [6.07, 6.45) is 11.9. The lowest BCUT2D eigenvalue weighted by molar-refractivity contribution is -0.173. The maximum Gasteiger partial charge on any atom is 0.354 e. The summed E-state index contributed by atoms with van der Waals surface area (Å²) in [5.74, 6) is -1.16. The number of halogens is 1. The number of carbonyl (C=O) groups excluding carboxylic acids is 2. The Balaban J connectivity index is 1.53. The smallest absolute Gasteiger partial charge is 0.354 e. The molecule has 0 spiro atoms. The SMILES string of the molecule is COC(=O)CC1(C(=O)OC)CC(CCCC/C=C/c2ccc(Cl)cc2-n2cc(C)c(C)c2)=NO1. The number of ether oxygens (including phenoxy) is 2. The predicted octanol–water partition coefficient (Wildman–Crippen LogP) is 5.57. The molecule has 0 amide bonds. The van der Waals surface area contributed by atoms with Gasteiger partial charge in [-0.3, -0.25) is 4.79 Å². The molecule has 182 valence electrons. The number of allylic oxidation sites excluding steroid dienone is 1. The number of esters is 2. The first-order valence-corrected chi connectivity index (χ1v) is 11.7. The Bertz CT molecular complexity index is 1090. The van der Waals surface area contributed by atoms with Gasteiger partial charge in [0, 0.05) is 23.8 Å². The van der Waals surface area contributed by atoms with Crippen LogP contribution in [0.5, 0.6) is 0 Å². The quantitative estimate of drug-likeness (QED) is 0.324. The third kappa shape index (κ3) is 6.08. The highest BCUT2D eigenvalue weighted by molar-refractivity contribution is 6.30. The number of unbranched alkanes of at least 4 members (excludes halogenated alkanes) is 2. The predicted molar refractivity (Wildman–Crippen MR) is 132 cm³/mol. The van der Waals surface area contributed by atoms with Gasteiger partial charge in [0.1, 0.15) is 0 Å². The topological polar surface area (TPSA) is 79.1 Å². The first-order chi connectivity index (χ1) is 16.3. The van der Waals surface area contributed by atoms with Gasteiger partial charge in [-0.15, -0.1) is 0 Å². The number of benzene rings is 1. The zero-order valence-electron chi connectivity index (χ0n) is 20.1. The highest BCUT2D eigenvalue weighted by Crippen LogP contribution is 2.31. The fraction of sp³-hybridized carbons (Fsp3) is 0.423. The molecule has 1 unspecified atom stereocenters. The largest absolute Gasteiger partial charge is 0.469 e. The molecule has 7 nitrogen and oxygen atoms in total. The van der Waals surface area contributed by atoms with Gasteiger partial charge in [-0.2, -0.15) is 0 Å². The van der Waals surface area contributed by atoms with Crippen LogP contribution in [0.1, 0.15) is 55.2 Å². The molecule has 0 fully saturated rings. The van der Waals surface area contributed by atoms with Crippen LogP contribution in [-0.4, -0.2) is 42.0 Å². The molecule has 0 bridgehead atoms. The molecule has 3 rings (SSSR count). The monoisotopic (exact) mass is 486 g/mol. The minimum atomic E-state index is -1.42. The lowest BCUT2D eigenvalue weighted by Crippen LogP contribution is -2.42. The maximum atomic E-state index is 12.2. The van der Waals surface area contributed by atoms with E-state index < -0.39 is 17.5 Å². The van der Waals surface area contributed by atoms with Gasteiger partial charge in [0.25, 0.3) is 0 Å². The van der Waals surface area contributed by atoms with E-state index in [0.717, 1.165) is 36.2 Å². The number of hydrogen-bond donors (Lipinski definition) is 0. The van der Waals surface area contributed by atoms with E-state index in [4.69, 9.17) is 21.2 Å². The lowest BCUT2D eigenvalue weighted by Gasteiger charge is -2.22. The minimum absolute atomic E-state index is 0.226. The summed E-state index contributed by atoms with van der Waals surface area (Å²) < 4.78 is 11.6. The van der Waals surface area contributed by atoms with Crippen molar-refractivity contribution in [2.24, 2.45) is 5.16 Å². The van der Waals surface area contributed by atoms with Crippen molar-refractivity contribution in [1.82, 2.24) is 4.57 Å². The van der Waals surface area contributed by atoms with E-state index in [1.54, 1.807) is 0 Å². The van der Waals surface area contributed by atoms with Gasteiger partial charge in [-0.05, 0) is 68.4 Å². The number of oxime groups is 1. The number of nitrogens with zero attached hydrogens (tertiary/aromatic N) is 2. The Hall–Kier alpha value is -3.06. The van der Waals surface area contributed by atoms with Gasteiger partial charge < -0.3 is 18.9 Å². The highest BCUT2D eigenvalue weighted by Gasteiger charge is 2.49. The molecule has 2 aromatic rings. The Labute approximate surface area is 205 Å². The molecule has 1 aromatic carbocycles. The van der Waals surface area contributed by atoms with E-state index in [1.165, 1.54) is 25.3 Å². The van der Waals surface area contributed by atoms with Crippen molar-refractivity contribution in [3.63, 3.8) is 0 Å². The Kier molecular flexibility index (Phi) is 8.56. The van der Waals surface area contributed by atoms with E-state index in [0.29, 0.717) is 11.4 Å². The number of carbonyl (C=O) groups is 2. The molecular formula is C26H31ClN2O5. The molecule has 0 saturated heterocycles. The van der Waals surface area contributed by atoms with Crippen molar-refractivity contribution in [1.29, 1.82) is 0 Å². The molecule has 0 aliphatic carbocycles. The van der Waals surface area contributed by atoms with E-state index in [1.807, 2.05) is 18.2 Å². The third-order valence-electron chi connectivity index (χ3n) is 6.00. The molecular weight excluding hydrogens is 456 g/mol. The van der Waals surface area contributed by atoms with Crippen LogP contribution in [0.15, 0.2) is 41.8 Å². The van der Waals surface area contributed by atoms with Crippen LogP contribution in [0.4, 0.5) is 0 Å². The van der Waals surface area contributed by atoms with Crippen molar-refractivity contribution in [3.8, 4) is 5.69 Å². The minimum Gasteiger partial charge on any atom is -0.469 e. The number of aryl methyl sites for hydroxylation is 2. The van der Waals surface area contributed by atoms with Crippen molar-refractivity contribution >= 4 is 35.3 Å². The number of aromatic nitrogens is 1. The van der Waals surface area contributed by atoms with Crippen LogP contribution >= 0.6 is 11.6 Å². The summed E-state index contributed by atoms with van der Waals surface area (Å²) in [4.78, 5) is 29.3. The normalized spacial score (nSPS) is 17.5. The molecule has 2 heterocycles. The fourth-order valence-corrected chi connectivity index (χ4v) is 4.09. The summed E-state index contributed by atoms with van der Waals surface area (Å²) >= 11 is 6.25. The zero-order valence-corrected chi connectivity index (χ0v) is 20.9. The summed E-state index contributed by atoms with van der Waals surface area (Å²) in [5.41, 5.74) is 3.93. The molecule has 8 heteroatoms. The Morgan fingerprint density at radius 1 is 1.18 bits per heavy atom. The first kappa shape index (κ1) is 25.6. The number of hydrogen-bond acceptors (Lipinski definition) is 6. The van der Waals surface area contributed by atoms with Gasteiger partial charge in [-0.1, -0.05) is 35.0 Å².